The molecule has 20 heavy (non-hydrogen) atoms. The number of benzene rings is 2. The third-order valence-electron chi connectivity index (χ3n) is 2.75. The number of carbonyl (C=O) groups excluding carboxylic acids is 1. The second-order valence-corrected chi connectivity index (χ2v) is 4.20. The Labute approximate surface area is 115 Å². The number of nitro benzene ring substituents is 1. The molecular weight excluding hydrogens is 258 g/mol. The molecule has 0 heterocycles. The topological polar surface area (TPSA) is 84.3 Å². The van der Waals surface area contributed by atoms with E-state index in [1.807, 2.05) is 18.2 Å². The molecule has 6 heteroatoms. The van der Waals surface area contributed by atoms with Gasteiger partial charge in [0.2, 0.25) is 0 Å². The van der Waals surface area contributed by atoms with Gasteiger partial charge < -0.3 is 0 Å². The Hall–Kier alpha value is -2.89. The van der Waals surface area contributed by atoms with Crippen LogP contribution in [-0.4, -0.2) is 10.8 Å². The standard InChI is InChI=1S/C14H13N3O3/c1-10-9-11(7-8-13(10)17(19)20)14(18)16-15-12-5-3-2-4-6-12/h2-9,15H,1H3,(H,16,18). The molecule has 0 fully saturated rings. The maximum absolute atomic E-state index is 11.9. The van der Waals surface area contributed by atoms with Crippen LogP contribution in [0.4, 0.5) is 11.4 Å². The van der Waals surface area contributed by atoms with Crippen LogP contribution in [0.5, 0.6) is 0 Å². The average Bonchev–Trinajstić information content (AvgIpc) is 2.45. The number of aryl methyl sites for hydroxylation is 1. The molecule has 2 N–H and O–H groups in total. The third-order valence-corrected chi connectivity index (χ3v) is 2.75. The van der Waals surface area contributed by atoms with E-state index in [4.69, 9.17) is 0 Å². The molecule has 6 nitrogen and oxygen atoms in total. The van der Waals surface area contributed by atoms with Crippen LogP contribution in [0.1, 0.15) is 15.9 Å². The minimum Gasteiger partial charge on any atom is -0.298 e. The number of para-hydroxylation sites is 1. The van der Waals surface area contributed by atoms with Crippen molar-refractivity contribution >= 4 is 17.3 Å². The number of nitro groups is 1. The predicted molar refractivity (Wildman–Crippen MR) is 75.4 cm³/mol. The Bertz CT molecular complexity index is 641. The largest absolute Gasteiger partial charge is 0.298 e. The number of nitrogens with zero attached hydrogens (tertiary/aromatic N) is 1. The number of nitrogens with one attached hydrogen (secondary N) is 2. The van der Waals surface area contributed by atoms with Gasteiger partial charge in [0.25, 0.3) is 11.6 Å². The van der Waals surface area contributed by atoms with Gasteiger partial charge in [-0.2, -0.15) is 0 Å². The lowest BCUT2D eigenvalue weighted by atomic mass is 10.1. The lowest BCUT2D eigenvalue weighted by Gasteiger charge is -2.08. The summed E-state index contributed by atoms with van der Waals surface area (Å²) in [5.41, 5.74) is 6.85. The summed E-state index contributed by atoms with van der Waals surface area (Å²) in [6, 6.07) is 13.4. The van der Waals surface area contributed by atoms with Gasteiger partial charge in [0.15, 0.2) is 0 Å². The van der Waals surface area contributed by atoms with Crippen molar-refractivity contribution in [3.63, 3.8) is 0 Å². The monoisotopic (exact) mass is 271 g/mol. The fraction of sp³-hybridized carbons (Fsp3) is 0.0714. The number of rotatable bonds is 4. The van der Waals surface area contributed by atoms with Crippen molar-refractivity contribution in [2.75, 3.05) is 5.43 Å². The first-order valence-electron chi connectivity index (χ1n) is 5.94. The van der Waals surface area contributed by atoms with Gasteiger partial charge in [0.1, 0.15) is 0 Å². The molecule has 0 aliphatic heterocycles. The number of amides is 1. The quantitative estimate of drug-likeness (QED) is 0.661. The molecule has 0 radical (unpaired) electrons. The molecule has 0 atom stereocenters. The molecule has 0 saturated carbocycles. The van der Waals surface area contributed by atoms with Gasteiger partial charge in [0, 0.05) is 17.2 Å². The molecule has 0 unspecified atom stereocenters. The number of hydrogen-bond acceptors (Lipinski definition) is 4. The first-order valence-corrected chi connectivity index (χ1v) is 5.94. The molecule has 2 rings (SSSR count). The van der Waals surface area contributed by atoms with Gasteiger partial charge in [-0.25, -0.2) is 0 Å². The van der Waals surface area contributed by atoms with Crippen LogP contribution in [0.2, 0.25) is 0 Å². The van der Waals surface area contributed by atoms with Crippen molar-refractivity contribution in [1.29, 1.82) is 0 Å². The Morgan fingerprint density at radius 1 is 1.15 bits per heavy atom. The van der Waals surface area contributed by atoms with Crippen molar-refractivity contribution in [3.8, 4) is 0 Å². The zero-order valence-corrected chi connectivity index (χ0v) is 10.8. The highest BCUT2D eigenvalue weighted by Crippen LogP contribution is 2.18. The van der Waals surface area contributed by atoms with E-state index in [1.165, 1.54) is 18.2 Å². The first kappa shape index (κ1) is 13.5. The predicted octanol–water partition coefficient (Wildman–Crippen LogP) is 2.66. The summed E-state index contributed by atoms with van der Waals surface area (Å²) >= 11 is 0. The highest BCUT2D eigenvalue weighted by Gasteiger charge is 2.13. The molecule has 2 aromatic rings. The number of carbonyl (C=O) groups is 1. The van der Waals surface area contributed by atoms with E-state index in [0.29, 0.717) is 11.1 Å². The number of anilines is 1. The zero-order chi connectivity index (χ0) is 14.5. The second kappa shape index (κ2) is 5.83. The summed E-state index contributed by atoms with van der Waals surface area (Å²) in [6.07, 6.45) is 0. The summed E-state index contributed by atoms with van der Waals surface area (Å²) in [4.78, 5) is 22.1. The van der Waals surface area contributed by atoms with Crippen molar-refractivity contribution in [1.82, 2.24) is 5.43 Å². The van der Waals surface area contributed by atoms with Crippen LogP contribution >= 0.6 is 0 Å². The maximum atomic E-state index is 11.9. The molecule has 0 spiro atoms. The molecule has 2 aromatic carbocycles. The summed E-state index contributed by atoms with van der Waals surface area (Å²) in [5.74, 6) is -0.355. The molecular formula is C14H13N3O3. The molecule has 0 aromatic heterocycles. The highest BCUT2D eigenvalue weighted by molar-refractivity contribution is 5.95. The van der Waals surface area contributed by atoms with E-state index in [-0.39, 0.29) is 11.6 Å². The summed E-state index contributed by atoms with van der Waals surface area (Å²) in [6.45, 7) is 1.60. The Balaban J connectivity index is 2.06. The zero-order valence-electron chi connectivity index (χ0n) is 10.8. The molecule has 0 saturated heterocycles. The van der Waals surface area contributed by atoms with Crippen molar-refractivity contribution < 1.29 is 9.72 Å². The van der Waals surface area contributed by atoms with Crippen LogP contribution < -0.4 is 10.9 Å². The molecule has 102 valence electrons. The molecule has 1 amide bonds. The van der Waals surface area contributed by atoms with Gasteiger partial charge in [-0.05, 0) is 31.2 Å². The fourth-order valence-electron chi connectivity index (χ4n) is 1.72. The highest BCUT2D eigenvalue weighted by atomic mass is 16.6. The Morgan fingerprint density at radius 3 is 2.45 bits per heavy atom. The normalized spacial score (nSPS) is 9.85. The van der Waals surface area contributed by atoms with Crippen LogP contribution in [0.15, 0.2) is 48.5 Å². The average molecular weight is 271 g/mol. The fourth-order valence-corrected chi connectivity index (χ4v) is 1.72. The van der Waals surface area contributed by atoms with Gasteiger partial charge in [-0.15, -0.1) is 0 Å². The molecule has 0 aliphatic carbocycles. The van der Waals surface area contributed by atoms with Gasteiger partial charge in [-0.1, -0.05) is 18.2 Å². The third kappa shape index (κ3) is 3.11. The summed E-state index contributed by atoms with van der Waals surface area (Å²) in [5, 5.41) is 10.7. The smallest absolute Gasteiger partial charge is 0.272 e. The van der Waals surface area contributed by atoms with Gasteiger partial charge in [-0.3, -0.25) is 25.8 Å². The number of hydrazine groups is 1. The molecule has 0 bridgehead atoms. The Kier molecular flexibility index (Phi) is 3.95. The lowest BCUT2D eigenvalue weighted by molar-refractivity contribution is -0.385. The molecule has 0 aliphatic rings. The minimum atomic E-state index is -0.473. The van der Waals surface area contributed by atoms with Crippen LogP contribution in [0, 0.1) is 17.0 Å². The summed E-state index contributed by atoms with van der Waals surface area (Å²) in [7, 11) is 0. The van der Waals surface area contributed by atoms with Crippen molar-refractivity contribution in [2.24, 2.45) is 0 Å². The van der Waals surface area contributed by atoms with Crippen LogP contribution in [0.3, 0.4) is 0 Å². The maximum Gasteiger partial charge on any atom is 0.272 e. The second-order valence-electron chi connectivity index (χ2n) is 4.20. The van der Waals surface area contributed by atoms with Gasteiger partial charge >= 0.3 is 0 Å². The van der Waals surface area contributed by atoms with Crippen molar-refractivity contribution in [2.45, 2.75) is 6.92 Å². The van der Waals surface area contributed by atoms with Crippen LogP contribution in [0.25, 0.3) is 0 Å². The van der Waals surface area contributed by atoms with Gasteiger partial charge in [0.05, 0.1) is 10.6 Å². The van der Waals surface area contributed by atoms with Crippen molar-refractivity contribution in [3.05, 3.63) is 69.8 Å². The van der Waals surface area contributed by atoms with E-state index < -0.39 is 4.92 Å². The summed E-state index contributed by atoms with van der Waals surface area (Å²) < 4.78 is 0. The van der Waals surface area contributed by atoms with E-state index in [0.717, 1.165) is 5.69 Å². The van der Waals surface area contributed by atoms with E-state index in [1.54, 1.807) is 19.1 Å². The lowest BCUT2D eigenvalue weighted by Crippen LogP contribution is -2.29. The first-order chi connectivity index (χ1) is 9.58. The minimum absolute atomic E-state index is 0.00225. The van der Waals surface area contributed by atoms with E-state index in [9.17, 15) is 14.9 Å². The number of hydrogen-bond donors (Lipinski definition) is 2. The van der Waals surface area contributed by atoms with Crippen LogP contribution in [-0.2, 0) is 0 Å². The Morgan fingerprint density at radius 2 is 1.85 bits per heavy atom. The SMILES string of the molecule is Cc1cc(C(=O)NNc2ccccc2)ccc1[N+](=O)[O-]. The van der Waals surface area contributed by atoms with E-state index in [2.05, 4.69) is 10.9 Å². The van der Waals surface area contributed by atoms with E-state index >= 15 is 0 Å².